The molecule has 1 radical (unpaired) electrons. The SMILES string of the molecule is [Ag].[AlH3].[O]=[Ag]. The molecule has 0 heterocycles. The van der Waals surface area contributed by atoms with Gasteiger partial charge in [-0.05, 0) is 0 Å². The molecule has 0 bridgehead atoms. The third kappa shape index (κ3) is 9.18. The Morgan fingerprint density at radius 3 is 1.25 bits per heavy atom. The van der Waals surface area contributed by atoms with Gasteiger partial charge in [0, 0.05) is 22.4 Å². The van der Waals surface area contributed by atoms with E-state index in [1.54, 1.807) is 21.0 Å². The Kier molecular flexibility index (Phi) is 90.6. The molecule has 0 spiro atoms. The fourth-order valence-corrected chi connectivity index (χ4v) is 0. The first-order chi connectivity index (χ1) is 1.00. The van der Waals surface area contributed by atoms with E-state index in [-0.39, 0.29) is 39.7 Å². The van der Waals surface area contributed by atoms with Crippen LogP contribution in [0.15, 0.2) is 0 Å². The maximum absolute atomic E-state index is 8.06. The first-order valence-corrected chi connectivity index (χ1v) is 0.728. The summed E-state index contributed by atoms with van der Waals surface area (Å²) in [5.74, 6) is 0. The zero-order valence-electron chi connectivity index (χ0n) is 1.01. The van der Waals surface area contributed by atoms with Crippen LogP contribution in [0.4, 0.5) is 0 Å². The molecule has 0 fully saturated rings. The van der Waals surface area contributed by atoms with Gasteiger partial charge in [-0.2, -0.15) is 0 Å². The van der Waals surface area contributed by atoms with E-state index in [0.717, 1.165) is 0 Å². The van der Waals surface area contributed by atoms with Gasteiger partial charge in [0.1, 0.15) is 0 Å². The Labute approximate surface area is 63.4 Å². The van der Waals surface area contributed by atoms with Crippen LogP contribution < -0.4 is 0 Å². The summed E-state index contributed by atoms with van der Waals surface area (Å²) in [4.78, 5) is 0. The molecule has 0 unspecified atom stereocenters. The van der Waals surface area contributed by atoms with E-state index in [9.17, 15) is 0 Å². The number of hydrogen-bond donors (Lipinski definition) is 0. The molecule has 0 aliphatic heterocycles. The molecule has 0 aromatic rings. The Morgan fingerprint density at radius 1 is 1.25 bits per heavy atom. The topological polar surface area (TPSA) is 17.1 Å². The zero-order valence-corrected chi connectivity index (χ0v) is 3.98. The minimum absolute atomic E-state index is 0. The van der Waals surface area contributed by atoms with Crippen molar-refractivity contribution in [1.82, 2.24) is 0 Å². The third-order valence-electron chi connectivity index (χ3n) is 0. The van der Waals surface area contributed by atoms with Crippen LogP contribution in [0.2, 0.25) is 0 Å². The van der Waals surface area contributed by atoms with Gasteiger partial charge in [0.2, 0.25) is 0 Å². The quantitative estimate of drug-likeness (QED) is 0.495. The molecule has 0 aromatic heterocycles. The predicted molar refractivity (Wildman–Crippen MR) is 10.6 cm³/mol. The first-order valence-electron chi connectivity index (χ1n) is 0.123. The van der Waals surface area contributed by atoms with E-state index in [1.807, 2.05) is 0 Å². The van der Waals surface area contributed by atoms with Crippen LogP contribution >= 0.6 is 0 Å². The molecule has 34 valence electrons. The van der Waals surface area contributed by atoms with E-state index >= 15 is 0 Å². The normalized spacial score (nSPS) is 1.50. The van der Waals surface area contributed by atoms with E-state index in [4.69, 9.17) is 3.25 Å². The van der Waals surface area contributed by atoms with E-state index in [2.05, 4.69) is 0 Å². The second kappa shape index (κ2) is 21.3. The predicted octanol–water partition coefficient (Wildman–Crippen LogP) is -1.31. The van der Waals surface area contributed by atoms with Crippen molar-refractivity contribution in [3.63, 3.8) is 0 Å². The molecule has 4 heavy (non-hydrogen) atoms. The maximum atomic E-state index is 8.06. The number of rotatable bonds is 0. The van der Waals surface area contributed by atoms with Gasteiger partial charge in [-0.3, -0.25) is 0 Å². The summed E-state index contributed by atoms with van der Waals surface area (Å²) in [5.41, 5.74) is 0. The monoisotopic (exact) mass is 260 g/mol. The molecular weight excluding hydrogens is 259 g/mol. The van der Waals surface area contributed by atoms with Crippen molar-refractivity contribution in [2.45, 2.75) is 0 Å². The fraction of sp³-hybridized carbons (Fsp3) is 0. The van der Waals surface area contributed by atoms with Gasteiger partial charge >= 0.3 is 24.3 Å². The van der Waals surface area contributed by atoms with Crippen LogP contribution in [0.3, 0.4) is 0 Å². The van der Waals surface area contributed by atoms with Gasteiger partial charge in [-0.1, -0.05) is 0 Å². The van der Waals surface area contributed by atoms with Crippen LogP contribution in [0.25, 0.3) is 0 Å². The molecule has 0 N–H and O–H groups in total. The summed E-state index contributed by atoms with van der Waals surface area (Å²) in [5, 5.41) is 0. The van der Waals surface area contributed by atoms with E-state index in [0.29, 0.717) is 0 Å². The Balaban J connectivity index is -0.00000000500. The van der Waals surface area contributed by atoms with Gasteiger partial charge < -0.3 is 0 Å². The standard InChI is InChI=1S/2Ag.Al.O.3H. The van der Waals surface area contributed by atoms with Crippen LogP contribution in [0, 0.1) is 0 Å². The summed E-state index contributed by atoms with van der Waals surface area (Å²) in [6.45, 7) is 0. The van der Waals surface area contributed by atoms with E-state index < -0.39 is 0 Å². The Bertz CT molecular complexity index is 6.00. The zero-order chi connectivity index (χ0) is 2.00. The summed E-state index contributed by atoms with van der Waals surface area (Å²) in [6, 6.07) is 0. The molecule has 0 atom stereocenters. The molecule has 0 saturated carbocycles. The van der Waals surface area contributed by atoms with Crippen molar-refractivity contribution in [3.8, 4) is 0 Å². The van der Waals surface area contributed by atoms with Crippen LogP contribution in [-0.4, -0.2) is 17.4 Å². The van der Waals surface area contributed by atoms with Crippen molar-refractivity contribution in [2.75, 3.05) is 0 Å². The molecule has 0 saturated heterocycles. The average molecular weight is 262 g/mol. The fourth-order valence-electron chi connectivity index (χ4n) is 0. The molecule has 0 rings (SSSR count). The van der Waals surface area contributed by atoms with Crippen LogP contribution in [-0.2, 0) is 46.7 Å². The Hall–Kier alpha value is 1.81. The van der Waals surface area contributed by atoms with Crippen molar-refractivity contribution in [3.05, 3.63) is 0 Å². The minimum atomic E-state index is 0. The van der Waals surface area contributed by atoms with Gasteiger partial charge in [0.05, 0.1) is 0 Å². The van der Waals surface area contributed by atoms with Crippen LogP contribution in [0.1, 0.15) is 0 Å². The summed E-state index contributed by atoms with van der Waals surface area (Å²) < 4.78 is 8.06. The van der Waals surface area contributed by atoms with E-state index in [1.165, 1.54) is 0 Å². The second-order valence-electron chi connectivity index (χ2n) is 0. The Morgan fingerprint density at radius 2 is 1.25 bits per heavy atom. The average Bonchev–Trinajstić information content (AvgIpc) is 1.00. The van der Waals surface area contributed by atoms with Crippen molar-refractivity contribution in [2.24, 2.45) is 0 Å². The summed E-state index contributed by atoms with van der Waals surface area (Å²) in [7, 11) is 0. The summed E-state index contributed by atoms with van der Waals surface area (Å²) in [6.07, 6.45) is 0. The third-order valence-corrected chi connectivity index (χ3v) is 0. The summed E-state index contributed by atoms with van der Waals surface area (Å²) >= 11 is 1.70. The van der Waals surface area contributed by atoms with Crippen molar-refractivity contribution < 1.29 is 46.7 Å². The first kappa shape index (κ1) is 17.0. The second-order valence-corrected chi connectivity index (χ2v) is 0. The molecule has 0 aliphatic carbocycles. The molecular formula is H3Ag2AlO. The van der Waals surface area contributed by atoms with Gasteiger partial charge in [0.15, 0.2) is 17.4 Å². The molecule has 0 amide bonds. The van der Waals surface area contributed by atoms with Crippen molar-refractivity contribution in [1.29, 1.82) is 0 Å². The van der Waals surface area contributed by atoms with Gasteiger partial charge in [-0.25, -0.2) is 0 Å². The van der Waals surface area contributed by atoms with Gasteiger partial charge in [0.25, 0.3) is 0 Å². The molecule has 0 aromatic carbocycles. The molecule has 0 aliphatic rings. The molecule has 4 heteroatoms. The number of hydrogen-bond acceptors (Lipinski definition) is 1. The van der Waals surface area contributed by atoms with Gasteiger partial charge in [-0.15, -0.1) is 0 Å². The molecule has 1 nitrogen and oxygen atoms in total. The van der Waals surface area contributed by atoms with Crippen LogP contribution in [0.5, 0.6) is 0 Å². The van der Waals surface area contributed by atoms with Crippen molar-refractivity contribution >= 4 is 17.4 Å².